The lowest BCUT2D eigenvalue weighted by Gasteiger charge is -2.20. The van der Waals surface area contributed by atoms with Crippen LogP contribution in [0.3, 0.4) is 0 Å². The Labute approximate surface area is 114 Å². The van der Waals surface area contributed by atoms with Gasteiger partial charge in [0.25, 0.3) is 0 Å². The molecule has 0 spiro atoms. The number of rotatable bonds is 4. The smallest absolute Gasteiger partial charge is 0.185 e. The molecule has 0 N–H and O–H groups in total. The molecule has 0 radical (unpaired) electrons. The molecule has 0 heterocycles. The highest BCUT2D eigenvalue weighted by Crippen LogP contribution is 2.24. The van der Waals surface area contributed by atoms with Gasteiger partial charge in [0.1, 0.15) is 0 Å². The van der Waals surface area contributed by atoms with E-state index in [4.69, 9.17) is 0 Å². The summed E-state index contributed by atoms with van der Waals surface area (Å²) in [5, 5.41) is 0. The highest BCUT2D eigenvalue weighted by molar-refractivity contribution is 6.04. The lowest BCUT2D eigenvalue weighted by atomic mass is 9.84. The van der Waals surface area contributed by atoms with E-state index in [0.29, 0.717) is 0 Å². The van der Waals surface area contributed by atoms with Crippen molar-refractivity contribution in [3.8, 4) is 0 Å². The normalized spacial score (nSPS) is 11.7. The van der Waals surface area contributed by atoms with Gasteiger partial charge in [-0.25, -0.2) is 0 Å². The summed E-state index contributed by atoms with van der Waals surface area (Å²) >= 11 is 0. The molecular weight excluding hydrogens is 232 g/mol. The molecule has 0 aliphatic rings. The molecule has 0 bridgehead atoms. The first-order valence-corrected chi connectivity index (χ1v) is 6.44. The lowest BCUT2D eigenvalue weighted by molar-refractivity contribution is 0.104. The molecule has 1 heteroatoms. The monoisotopic (exact) mass is 250 g/mol. The second-order valence-electron chi connectivity index (χ2n) is 5.15. The zero-order chi connectivity index (χ0) is 13.7. The van der Waals surface area contributed by atoms with Crippen LogP contribution in [0, 0.1) is 0 Å². The minimum atomic E-state index is -0.147. The summed E-state index contributed by atoms with van der Waals surface area (Å²) in [4.78, 5) is 12.0. The quantitative estimate of drug-likeness (QED) is 0.580. The largest absolute Gasteiger partial charge is 0.289 e. The predicted octanol–water partition coefficient (Wildman–Crippen LogP) is 4.40. The summed E-state index contributed by atoms with van der Waals surface area (Å²) in [5.74, 6) is 0.0459. The van der Waals surface area contributed by atoms with Crippen molar-refractivity contribution >= 4 is 5.78 Å². The fourth-order valence-corrected chi connectivity index (χ4v) is 1.95. The fraction of sp³-hybridized carbons (Fsp3) is 0.167. The second-order valence-corrected chi connectivity index (χ2v) is 5.15. The van der Waals surface area contributed by atoms with E-state index in [1.54, 1.807) is 6.08 Å². The Hall–Kier alpha value is -2.15. The van der Waals surface area contributed by atoms with E-state index < -0.39 is 0 Å². The first-order chi connectivity index (χ1) is 9.09. The van der Waals surface area contributed by atoms with Gasteiger partial charge in [0, 0.05) is 11.0 Å². The number of allylic oxidation sites excluding steroid dienone is 2. The maximum absolute atomic E-state index is 12.0. The molecule has 0 unspecified atom stereocenters. The molecule has 0 saturated heterocycles. The van der Waals surface area contributed by atoms with Gasteiger partial charge in [-0.1, -0.05) is 80.6 Å². The van der Waals surface area contributed by atoms with Crippen LogP contribution in [0.5, 0.6) is 0 Å². The van der Waals surface area contributed by atoms with Crippen LogP contribution in [0.15, 0.2) is 72.8 Å². The van der Waals surface area contributed by atoms with Crippen molar-refractivity contribution in [2.45, 2.75) is 19.3 Å². The summed E-state index contributed by atoms with van der Waals surface area (Å²) in [6, 6.07) is 19.5. The first kappa shape index (κ1) is 13.3. The summed E-state index contributed by atoms with van der Waals surface area (Å²) < 4.78 is 0. The van der Waals surface area contributed by atoms with Crippen molar-refractivity contribution in [3.05, 3.63) is 83.9 Å². The maximum atomic E-state index is 12.0. The molecular formula is C18H18O. The highest BCUT2D eigenvalue weighted by Gasteiger charge is 2.16. The van der Waals surface area contributed by atoms with E-state index in [1.807, 2.05) is 54.6 Å². The number of hydrogen-bond acceptors (Lipinski definition) is 1. The molecule has 0 atom stereocenters. The topological polar surface area (TPSA) is 17.1 Å². The van der Waals surface area contributed by atoms with E-state index in [1.165, 1.54) is 5.56 Å². The van der Waals surface area contributed by atoms with Crippen LogP contribution in [0.4, 0.5) is 0 Å². The molecule has 19 heavy (non-hydrogen) atoms. The average molecular weight is 250 g/mol. The van der Waals surface area contributed by atoms with Crippen molar-refractivity contribution in [1.29, 1.82) is 0 Å². The molecule has 2 rings (SSSR count). The molecule has 96 valence electrons. The van der Waals surface area contributed by atoms with Gasteiger partial charge in [-0.3, -0.25) is 4.79 Å². The maximum Gasteiger partial charge on any atom is 0.185 e. The van der Waals surface area contributed by atoms with Crippen LogP contribution < -0.4 is 0 Å². The standard InChI is InChI=1S/C18H18O/c1-18(2,16-11-7-4-8-12-16)14-13-17(19)15-9-5-3-6-10-15/h3-14H,1-2H3/b14-13+. The van der Waals surface area contributed by atoms with Gasteiger partial charge in [0.2, 0.25) is 0 Å². The Kier molecular flexibility index (Phi) is 3.96. The molecule has 0 aliphatic carbocycles. The number of ketones is 1. The van der Waals surface area contributed by atoms with Crippen molar-refractivity contribution < 1.29 is 4.79 Å². The van der Waals surface area contributed by atoms with Gasteiger partial charge in [-0.15, -0.1) is 0 Å². The van der Waals surface area contributed by atoms with Crippen molar-refractivity contribution in [3.63, 3.8) is 0 Å². The fourth-order valence-electron chi connectivity index (χ4n) is 1.95. The summed E-state index contributed by atoms with van der Waals surface area (Å²) in [7, 11) is 0. The average Bonchev–Trinajstić information content (AvgIpc) is 2.47. The Morgan fingerprint density at radius 2 is 1.42 bits per heavy atom. The van der Waals surface area contributed by atoms with Gasteiger partial charge in [0.05, 0.1) is 0 Å². The molecule has 0 fully saturated rings. The lowest BCUT2D eigenvalue weighted by Crippen LogP contribution is -2.13. The van der Waals surface area contributed by atoms with Crippen molar-refractivity contribution in [2.24, 2.45) is 0 Å². The van der Waals surface area contributed by atoms with Crippen LogP contribution in [0.25, 0.3) is 0 Å². The van der Waals surface area contributed by atoms with E-state index in [9.17, 15) is 4.79 Å². The van der Waals surface area contributed by atoms with E-state index in [2.05, 4.69) is 26.0 Å². The van der Waals surface area contributed by atoms with Gasteiger partial charge in [-0.2, -0.15) is 0 Å². The van der Waals surface area contributed by atoms with Gasteiger partial charge < -0.3 is 0 Å². The Balaban J connectivity index is 2.17. The van der Waals surface area contributed by atoms with Gasteiger partial charge >= 0.3 is 0 Å². The van der Waals surface area contributed by atoms with Gasteiger partial charge in [0.15, 0.2) is 5.78 Å². The Morgan fingerprint density at radius 3 is 2.00 bits per heavy atom. The minimum Gasteiger partial charge on any atom is -0.289 e. The third-order valence-corrected chi connectivity index (χ3v) is 3.23. The van der Waals surface area contributed by atoms with Crippen LogP contribution in [0.1, 0.15) is 29.8 Å². The van der Waals surface area contributed by atoms with E-state index in [0.717, 1.165) is 5.56 Å². The Bertz CT molecular complexity index is 565. The van der Waals surface area contributed by atoms with Gasteiger partial charge in [-0.05, 0) is 11.6 Å². The van der Waals surface area contributed by atoms with E-state index >= 15 is 0 Å². The summed E-state index contributed by atoms with van der Waals surface area (Å²) in [5.41, 5.74) is 1.78. The zero-order valence-electron chi connectivity index (χ0n) is 11.3. The summed E-state index contributed by atoms with van der Waals surface area (Å²) in [6.07, 6.45) is 3.64. The number of hydrogen-bond donors (Lipinski definition) is 0. The molecule has 2 aromatic carbocycles. The summed E-state index contributed by atoms with van der Waals surface area (Å²) in [6.45, 7) is 4.22. The molecule has 0 aromatic heterocycles. The third kappa shape index (κ3) is 3.41. The number of benzene rings is 2. The highest BCUT2D eigenvalue weighted by atomic mass is 16.1. The SMILES string of the molecule is CC(C)(/C=C/C(=O)c1ccccc1)c1ccccc1. The van der Waals surface area contributed by atoms with E-state index in [-0.39, 0.29) is 11.2 Å². The zero-order valence-corrected chi connectivity index (χ0v) is 11.3. The molecule has 0 saturated carbocycles. The minimum absolute atomic E-state index is 0.0459. The van der Waals surface area contributed by atoms with Crippen molar-refractivity contribution in [1.82, 2.24) is 0 Å². The van der Waals surface area contributed by atoms with Crippen molar-refractivity contribution in [2.75, 3.05) is 0 Å². The number of carbonyl (C=O) groups excluding carboxylic acids is 1. The first-order valence-electron chi connectivity index (χ1n) is 6.44. The third-order valence-electron chi connectivity index (χ3n) is 3.23. The van der Waals surface area contributed by atoms with Crippen LogP contribution in [-0.4, -0.2) is 5.78 Å². The molecule has 0 amide bonds. The Morgan fingerprint density at radius 1 is 0.895 bits per heavy atom. The second kappa shape index (κ2) is 5.66. The van der Waals surface area contributed by atoms with Crippen LogP contribution in [0.2, 0.25) is 0 Å². The predicted molar refractivity (Wildman–Crippen MR) is 79.4 cm³/mol. The van der Waals surface area contributed by atoms with Crippen LogP contribution in [-0.2, 0) is 5.41 Å². The van der Waals surface area contributed by atoms with Crippen LogP contribution >= 0.6 is 0 Å². The molecule has 2 aromatic rings. The molecule has 1 nitrogen and oxygen atoms in total. The molecule has 0 aliphatic heterocycles. The number of carbonyl (C=O) groups is 1.